The van der Waals surface area contributed by atoms with E-state index in [0.717, 1.165) is 5.56 Å². The van der Waals surface area contributed by atoms with Crippen molar-refractivity contribution in [2.45, 2.75) is 13.5 Å². The Morgan fingerprint density at radius 1 is 1.20 bits per heavy atom. The lowest BCUT2D eigenvalue weighted by Gasteiger charge is -2.07. The fourth-order valence-corrected chi connectivity index (χ4v) is 2.51. The van der Waals surface area contributed by atoms with Crippen LogP contribution in [0.2, 0.25) is 0 Å². The fraction of sp³-hybridized carbons (Fsp3) is 0.125. The number of carbonyl (C=O) groups excluding carboxylic acids is 1. The molecule has 0 aliphatic heterocycles. The number of fused-ring (bicyclic) bond motifs is 1. The van der Waals surface area contributed by atoms with Gasteiger partial charge in [0.25, 0.3) is 5.91 Å². The number of amides is 1. The van der Waals surface area contributed by atoms with Gasteiger partial charge >= 0.3 is 0 Å². The molecule has 9 nitrogen and oxygen atoms in total. The number of benzene rings is 1. The minimum Gasteiger partial charge on any atom is -0.319 e. The van der Waals surface area contributed by atoms with Gasteiger partial charge in [-0.25, -0.2) is 14.2 Å². The van der Waals surface area contributed by atoms with Crippen molar-refractivity contribution in [1.29, 1.82) is 0 Å². The van der Waals surface area contributed by atoms with Crippen LogP contribution in [0.5, 0.6) is 0 Å². The van der Waals surface area contributed by atoms with Crippen molar-refractivity contribution in [2.75, 3.05) is 5.32 Å². The van der Waals surface area contributed by atoms with E-state index in [4.69, 9.17) is 0 Å². The molecule has 1 amide bonds. The van der Waals surface area contributed by atoms with Gasteiger partial charge in [-0.05, 0) is 47.2 Å². The maximum atomic E-state index is 12.5. The van der Waals surface area contributed by atoms with Gasteiger partial charge in [-0.3, -0.25) is 4.79 Å². The number of nitrogens with one attached hydrogen (secondary N) is 1. The number of hydrogen-bond donors (Lipinski definition) is 1. The third-order valence-corrected chi connectivity index (χ3v) is 3.67. The predicted octanol–water partition coefficient (Wildman–Crippen LogP) is 1.32. The van der Waals surface area contributed by atoms with Crippen LogP contribution in [0.25, 0.3) is 5.65 Å². The second kappa shape index (κ2) is 6.11. The summed E-state index contributed by atoms with van der Waals surface area (Å²) in [7, 11) is 0. The standard InChI is InChI=1S/C16H14N8O/c1-11-18-15-14(3-2-8-24(15)20-11)19-16(25)13-6-4-12(5-7-13)9-23-10-17-21-22-23/h2-8,10H,9H2,1H3,(H,19,25). The van der Waals surface area contributed by atoms with Crippen LogP contribution in [0.1, 0.15) is 21.7 Å². The van der Waals surface area contributed by atoms with Gasteiger partial charge in [0.05, 0.1) is 12.2 Å². The van der Waals surface area contributed by atoms with Crippen LogP contribution in [-0.2, 0) is 6.54 Å². The molecular weight excluding hydrogens is 320 g/mol. The summed E-state index contributed by atoms with van der Waals surface area (Å²) >= 11 is 0. The monoisotopic (exact) mass is 334 g/mol. The number of rotatable bonds is 4. The lowest BCUT2D eigenvalue weighted by Crippen LogP contribution is -2.13. The summed E-state index contributed by atoms with van der Waals surface area (Å²) in [5.41, 5.74) is 2.78. The zero-order valence-corrected chi connectivity index (χ0v) is 13.4. The first kappa shape index (κ1) is 14.9. The van der Waals surface area contributed by atoms with Crippen LogP contribution in [0.15, 0.2) is 48.9 Å². The number of aryl methyl sites for hydroxylation is 1. The van der Waals surface area contributed by atoms with Gasteiger partial charge < -0.3 is 5.32 Å². The molecule has 3 heterocycles. The Labute approximate surface area is 142 Å². The van der Waals surface area contributed by atoms with E-state index in [0.29, 0.717) is 29.3 Å². The number of hydrogen-bond acceptors (Lipinski definition) is 6. The zero-order valence-electron chi connectivity index (χ0n) is 13.4. The Morgan fingerprint density at radius 3 is 2.80 bits per heavy atom. The molecular formula is C16H14N8O. The number of pyridine rings is 1. The Morgan fingerprint density at radius 2 is 2.04 bits per heavy atom. The van der Waals surface area contributed by atoms with E-state index >= 15 is 0 Å². The van der Waals surface area contributed by atoms with Crippen molar-refractivity contribution in [1.82, 2.24) is 34.8 Å². The first-order valence-corrected chi connectivity index (χ1v) is 7.62. The molecule has 0 unspecified atom stereocenters. The summed E-state index contributed by atoms with van der Waals surface area (Å²) in [5.74, 6) is 0.441. The van der Waals surface area contributed by atoms with Crippen molar-refractivity contribution in [3.8, 4) is 0 Å². The highest BCUT2D eigenvalue weighted by atomic mass is 16.1. The number of tetrazole rings is 1. The summed E-state index contributed by atoms with van der Waals surface area (Å²) in [6.07, 6.45) is 3.33. The Hall–Kier alpha value is -3.62. The van der Waals surface area contributed by atoms with Gasteiger partial charge in [-0.15, -0.1) is 5.10 Å². The molecule has 4 rings (SSSR count). The van der Waals surface area contributed by atoms with E-state index in [-0.39, 0.29) is 5.91 Å². The van der Waals surface area contributed by atoms with Crippen molar-refractivity contribution in [3.63, 3.8) is 0 Å². The molecule has 1 aromatic carbocycles. The highest BCUT2D eigenvalue weighted by Crippen LogP contribution is 2.16. The van der Waals surface area contributed by atoms with Gasteiger partial charge in [-0.2, -0.15) is 5.10 Å². The molecule has 3 aromatic heterocycles. The van der Waals surface area contributed by atoms with Gasteiger partial charge in [0.2, 0.25) is 0 Å². The molecule has 124 valence electrons. The summed E-state index contributed by atoms with van der Waals surface area (Å²) in [6.45, 7) is 2.36. The van der Waals surface area contributed by atoms with Crippen LogP contribution in [0.4, 0.5) is 5.69 Å². The average molecular weight is 334 g/mol. The molecule has 1 N–H and O–H groups in total. The van der Waals surface area contributed by atoms with Gasteiger partial charge in [-0.1, -0.05) is 12.1 Å². The van der Waals surface area contributed by atoms with Crippen LogP contribution >= 0.6 is 0 Å². The summed E-state index contributed by atoms with van der Waals surface area (Å²) < 4.78 is 3.25. The maximum Gasteiger partial charge on any atom is 0.255 e. The molecule has 25 heavy (non-hydrogen) atoms. The van der Waals surface area contributed by atoms with E-state index in [1.54, 1.807) is 39.9 Å². The average Bonchev–Trinajstić information content (AvgIpc) is 3.24. The zero-order chi connectivity index (χ0) is 17.2. The highest BCUT2D eigenvalue weighted by molar-refractivity contribution is 6.05. The van der Waals surface area contributed by atoms with Gasteiger partial charge in [0.15, 0.2) is 5.65 Å². The van der Waals surface area contributed by atoms with Crippen molar-refractivity contribution in [3.05, 3.63) is 65.9 Å². The minimum absolute atomic E-state index is 0.206. The Kier molecular flexibility index (Phi) is 3.65. The molecule has 0 atom stereocenters. The van der Waals surface area contributed by atoms with Crippen LogP contribution in [0.3, 0.4) is 0 Å². The SMILES string of the molecule is Cc1nc2c(NC(=O)c3ccc(Cn4cnnn4)cc3)cccn2n1. The first-order chi connectivity index (χ1) is 12.2. The van der Waals surface area contributed by atoms with E-state index in [2.05, 4.69) is 30.9 Å². The maximum absolute atomic E-state index is 12.5. The van der Waals surface area contributed by atoms with Crippen molar-refractivity contribution >= 4 is 17.2 Å². The topological polar surface area (TPSA) is 103 Å². The quantitative estimate of drug-likeness (QED) is 0.604. The molecule has 0 aliphatic rings. The molecule has 9 heteroatoms. The normalized spacial score (nSPS) is 10.9. The number of nitrogens with zero attached hydrogens (tertiary/aromatic N) is 7. The van der Waals surface area contributed by atoms with Crippen molar-refractivity contribution < 1.29 is 4.79 Å². The molecule has 0 saturated carbocycles. The summed E-state index contributed by atoms with van der Waals surface area (Å²) in [4.78, 5) is 16.8. The van der Waals surface area contributed by atoms with Gasteiger partial charge in [0, 0.05) is 11.8 Å². The molecule has 4 aromatic rings. The third kappa shape index (κ3) is 3.07. The van der Waals surface area contributed by atoms with Crippen LogP contribution in [-0.4, -0.2) is 40.7 Å². The molecule has 0 radical (unpaired) electrons. The minimum atomic E-state index is -0.206. The van der Waals surface area contributed by atoms with Crippen molar-refractivity contribution in [2.24, 2.45) is 0 Å². The summed E-state index contributed by atoms with van der Waals surface area (Å²) in [5, 5.41) is 18.1. The van der Waals surface area contributed by atoms with Crippen LogP contribution < -0.4 is 5.32 Å². The molecule has 0 spiro atoms. The largest absolute Gasteiger partial charge is 0.319 e. The number of anilines is 1. The fourth-order valence-electron chi connectivity index (χ4n) is 2.51. The second-order valence-electron chi connectivity index (χ2n) is 5.51. The van der Waals surface area contributed by atoms with E-state index < -0.39 is 0 Å². The van der Waals surface area contributed by atoms with Crippen LogP contribution in [0, 0.1) is 6.92 Å². The molecule has 0 aliphatic carbocycles. The third-order valence-electron chi connectivity index (χ3n) is 3.67. The number of aromatic nitrogens is 7. The molecule has 0 bridgehead atoms. The smallest absolute Gasteiger partial charge is 0.255 e. The molecule has 0 fully saturated rings. The second-order valence-corrected chi connectivity index (χ2v) is 5.51. The molecule has 0 saturated heterocycles. The van der Waals surface area contributed by atoms with Gasteiger partial charge in [0.1, 0.15) is 12.2 Å². The Balaban J connectivity index is 1.52. The first-order valence-electron chi connectivity index (χ1n) is 7.62. The van der Waals surface area contributed by atoms with E-state index in [9.17, 15) is 4.79 Å². The lowest BCUT2D eigenvalue weighted by atomic mass is 10.1. The summed E-state index contributed by atoms with van der Waals surface area (Å²) in [6, 6.07) is 10.9. The number of carbonyl (C=O) groups is 1. The Bertz CT molecular complexity index is 1020. The lowest BCUT2D eigenvalue weighted by molar-refractivity contribution is 0.102. The van der Waals surface area contributed by atoms with E-state index in [1.165, 1.54) is 0 Å². The van der Waals surface area contributed by atoms with E-state index in [1.807, 2.05) is 25.1 Å². The highest BCUT2D eigenvalue weighted by Gasteiger charge is 2.11. The predicted molar refractivity (Wildman–Crippen MR) is 89.0 cm³/mol.